The second kappa shape index (κ2) is 6.96. The average molecular weight is 359 g/mol. The van der Waals surface area contributed by atoms with Crippen LogP contribution in [0.4, 0.5) is 0 Å². The van der Waals surface area contributed by atoms with Crippen molar-refractivity contribution in [1.82, 2.24) is 4.90 Å². The lowest BCUT2D eigenvalue weighted by Crippen LogP contribution is -2.30. The Morgan fingerprint density at radius 3 is 2.52 bits per heavy atom. The Balaban J connectivity index is 1.74. The number of amides is 1. The lowest BCUT2D eigenvalue weighted by Gasteiger charge is -2.19. The fourth-order valence-corrected chi connectivity index (χ4v) is 3.04. The number of nitrogens with zero attached hydrogens (tertiary/aromatic N) is 1. The van der Waals surface area contributed by atoms with E-state index in [1.807, 2.05) is 30.3 Å². The van der Waals surface area contributed by atoms with Crippen molar-refractivity contribution in [1.29, 1.82) is 0 Å². The Morgan fingerprint density at radius 1 is 1.00 bits per heavy atom. The average Bonchev–Trinajstić information content (AvgIpc) is 3.12. The molecule has 0 unspecified atom stereocenters. The highest BCUT2D eigenvalue weighted by atomic mass is 16.5. The van der Waals surface area contributed by atoms with E-state index in [4.69, 9.17) is 8.83 Å². The smallest absolute Gasteiger partial charge is 0.302 e. The maximum Gasteiger partial charge on any atom is 0.302 e. The van der Waals surface area contributed by atoms with Crippen molar-refractivity contribution in [3.8, 4) is 0 Å². The van der Waals surface area contributed by atoms with E-state index in [2.05, 4.69) is 6.58 Å². The molecular formula is C22H17NO4. The summed E-state index contributed by atoms with van der Waals surface area (Å²) in [6, 6.07) is 18.0. The third-order valence-corrected chi connectivity index (χ3v) is 4.34. The molecular weight excluding hydrogens is 342 g/mol. The van der Waals surface area contributed by atoms with E-state index in [0.29, 0.717) is 24.1 Å². The van der Waals surface area contributed by atoms with Gasteiger partial charge in [0.15, 0.2) is 5.76 Å². The molecule has 0 fully saturated rings. The minimum absolute atomic E-state index is 0.0558. The van der Waals surface area contributed by atoms with Crippen LogP contribution < -0.4 is 5.43 Å². The number of rotatable bonds is 5. The van der Waals surface area contributed by atoms with Gasteiger partial charge < -0.3 is 13.7 Å². The van der Waals surface area contributed by atoms with Crippen LogP contribution in [0.1, 0.15) is 16.1 Å². The normalized spacial score (nSPS) is 11.0. The monoisotopic (exact) mass is 359 g/mol. The Labute approximate surface area is 155 Å². The van der Waals surface area contributed by atoms with Gasteiger partial charge in [0.05, 0.1) is 5.39 Å². The molecule has 1 amide bonds. The lowest BCUT2D eigenvalue weighted by molar-refractivity contribution is 0.0731. The molecule has 5 heteroatoms. The predicted octanol–water partition coefficient (Wildman–Crippen LogP) is 4.37. The van der Waals surface area contributed by atoms with E-state index in [9.17, 15) is 9.59 Å². The second-order valence-electron chi connectivity index (χ2n) is 6.20. The largest absolute Gasteiger partial charge is 0.425 e. The summed E-state index contributed by atoms with van der Waals surface area (Å²) in [5.41, 5.74) is 1.20. The molecule has 0 saturated carbocycles. The number of carbonyl (C=O) groups excluding carboxylic acids is 1. The first-order valence-electron chi connectivity index (χ1n) is 8.57. The molecule has 0 atom stereocenters. The van der Waals surface area contributed by atoms with Crippen molar-refractivity contribution in [3.05, 3.63) is 94.9 Å². The van der Waals surface area contributed by atoms with E-state index < -0.39 is 0 Å². The molecule has 0 bridgehead atoms. The molecule has 0 N–H and O–H groups in total. The Kier molecular flexibility index (Phi) is 4.34. The standard InChI is InChI=1S/C22H17NO4/c1-2-12-23(14-15-8-4-3-5-9-15)21(25)19-13-17-20(24)16-10-6-7-11-18(16)26-22(17)27-19/h2-11,13H,1,12,14H2. The van der Waals surface area contributed by atoms with Crippen LogP contribution in [0.15, 0.2) is 86.9 Å². The highest BCUT2D eigenvalue weighted by Gasteiger charge is 2.22. The zero-order valence-electron chi connectivity index (χ0n) is 14.6. The van der Waals surface area contributed by atoms with Gasteiger partial charge in [0, 0.05) is 19.2 Å². The molecule has 4 aromatic rings. The van der Waals surface area contributed by atoms with Crippen LogP contribution in [0, 0.1) is 0 Å². The van der Waals surface area contributed by atoms with Gasteiger partial charge in [-0.2, -0.15) is 0 Å². The zero-order valence-corrected chi connectivity index (χ0v) is 14.6. The summed E-state index contributed by atoms with van der Waals surface area (Å²) in [5.74, 6) is -0.201. The van der Waals surface area contributed by atoms with Crippen molar-refractivity contribution in [2.45, 2.75) is 6.54 Å². The van der Waals surface area contributed by atoms with E-state index in [1.54, 1.807) is 35.2 Å². The van der Waals surface area contributed by atoms with E-state index >= 15 is 0 Å². The van der Waals surface area contributed by atoms with Gasteiger partial charge in [0.1, 0.15) is 11.0 Å². The second-order valence-corrected chi connectivity index (χ2v) is 6.20. The fourth-order valence-electron chi connectivity index (χ4n) is 3.04. The first kappa shape index (κ1) is 16.8. The molecule has 2 aromatic heterocycles. The Bertz CT molecular complexity index is 1190. The molecule has 0 saturated heterocycles. The Hall–Kier alpha value is -3.60. The minimum atomic E-state index is -0.325. The number of hydrogen-bond acceptors (Lipinski definition) is 4. The number of carbonyl (C=O) groups is 1. The summed E-state index contributed by atoms with van der Waals surface area (Å²) >= 11 is 0. The summed E-state index contributed by atoms with van der Waals surface area (Å²) < 4.78 is 11.2. The van der Waals surface area contributed by atoms with Crippen molar-refractivity contribution >= 4 is 28.0 Å². The molecule has 2 heterocycles. The number of para-hydroxylation sites is 1. The van der Waals surface area contributed by atoms with Gasteiger partial charge in [-0.25, -0.2) is 0 Å². The van der Waals surface area contributed by atoms with Gasteiger partial charge in [-0.3, -0.25) is 9.59 Å². The lowest BCUT2D eigenvalue weighted by atomic mass is 10.2. The topological polar surface area (TPSA) is 63.7 Å². The highest BCUT2D eigenvalue weighted by Crippen LogP contribution is 2.23. The third kappa shape index (κ3) is 3.15. The first-order valence-corrected chi connectivity index (χ1v) is 8.57. The number of benzene rings is 2. The summed E-state index contributed by atoms with van der Waals surface area (Å²) in [5, 5.41) is 0.715. The maximum absolute atomic E-state index is 13.0. The molecule has 2 aromatic carbocycles. The van der Waals surface area contributed by atoms with Crippen LogP contribution in [-0.4, -0.2) is 17.4 Å². The summed E-state index contributed by atoms with van der Waals surface area (Å²) in [7, 11) is 0. The van der Waals surface area contributed by atoms with Gasteiger partial charge in [-0.05, 0) is 17.7 Å². The predicted molar refractivity (Wildman–Crippen MR) is 104 cm³/mol. The van der Waals surface area contributed by atoms with Crippen molar-refractivity contribution < 1.29 is 13.6 Å². The summed E-state index contributed by atoms with van der Waals surface area (Å²) in [4.78, 5) is 27.2. The van der Waals surface area contributed by atoms with Crippen LogP contribution in [0.25, 0.3) is 22.1 Å². The molecule has 4 rings (SSSR count). The van der Waals surface area contributed by atoms with Crippen molar-refractivity contribution in [2.75, 3.05) is 6.54 Å². The van der Waals surface area contributed by atoms with E-state index in [1.165, 1.54) is 6.07 Å². The fraction of sp³-hybridized carbons (Fsp3) is 0.0909. The number of hydrogen-bond donors (Lipinski definition) is 0. The molecule has 27 heavy (non-hydrogen) atoms. The zero-order chi connectivity index (χ0) is 18.8. The van der Waals surface area contributed by atoms with Crippen LogP contribution in [-0.2, 0) is 6.54 Å². The maximum atomic E-state index is 13.0. The summed E-state index contributed by atoms with van der Waals surface area (Å²) in [6.45, 7) is 4.48. The third-order valence-electron chi connectivity index (χ3n) is 4.34. The van der Waals surface area contributed by atoms with E-state index in [0.717, 1.165) is 5.56 Å². The molecule has 0 spiro atoms. The molecule has 134 valence electrons. The molecule has 0 aliphatic heterocycles. The van der Waals surface area contributed by atoms with Crippen LogP contribution in [0.5, 0.6) is 0 Å². The van der Waals surface area contributed by atoms with Gasteiger partial charge in [0.2, 0.25) is 5.43 Å². The van der Waals surface area contributed by atoms with Crippen molar-refractivity contribution in [3.63, 3.8) is 0 Å². The van der Waals surface area contributed by atoms with Crippen LogP contribution in [0.3, 0.4) is 0 Å². The first-order chi connectivity index (χ1) is 13.2. The minimum Gasteiger partial charge on any atom is -0.425 e. The number of furan rings is 1. The van der Waals surface area contributed by atoms with Crippen molar-refractivity contribution in [2.24, 2.45) is 0 Å². The van der Waals surface area contributed by atoms with Crippen LogP contribution in [0.2, 0.25) is 0 Å². The molecule has 0 aliphatic carbocycles. The van der Waals surface area contributed by atoms with E-state index in [-0.39, 0.29) is 28.3 Å². The quantitative estimate of drug-likeness (QED) is 0.497. The van der Waals surface area contributed by atoms with Gasteiger partial charge in [0.25, 0.3) is 5.91 Å². The number of fused-ring (bicyclic) bond motifs is 2. The molecule has 5 nitrogen and oxygen atoms in total. The van der Waals surface area contributed by atoms with Gasteiger partial charge in [-0.15, -0.1) is 6.58 Å². The van der Waals surface area contributed by atoms with Gasteiger partial charge >= 0.3 is 5.78 Å². The SMILES string of the molecule is C=CCN(Cc1ccccc1)C(=O)c1cc2c(=O)c3ccccc3oc2o1. The summed E-state index contributed by atoms with van der Waals surface area (Å²) in [6.07, 6.45) is 1.65. The van der Waals surface area contributed by atoms with Crippen LogP contribution >= 0.6 is 0 Å². The highest BCUT2D eigenvalue weighted by molar-refractivity contribution is 5.97. The molecule has 0 aliphatic rings. The van der Waals surface area contributed by atoms with Gasteiger partial charge in [-0.1, -0.05) is 48.5 Å². The Morgan fingerprint density at radius 2 is 1.74 bits per heavy atom. The molecule has 0 radical (unpaired) electrons.